The Bertz CT molecular complexity index is 397. The molecule has 1 saturated heterocycles. The lowest BCUT2D eigenvalue weighted by Gasteiger charge is -2.23. The second kappa shape index (κ2) is 6.37. The van der Waals surface area contributed by atoms with Gasteiger partial charge in [-0.25, -0.2) is 0 Å². The molecular formula is C13H19N3O2. The van der Waals surface area contributed by atoms with Crippen molar-refractivity contribution in [2.45, 2.75) is 25.4 Å². The van der Waals surface area contributed by atoms with Crippen molar-refractivity contribution in [3.8, 4) is 0 Å². The van der Waals surface area contributed by atoms with E-state index in [4.69, 9.17) is 15.7 Å². The van der Waals surface area contributed by atoms with E-state index >= 15 is 0 Å². The summed E-state index contributed by atoms with van der Waals surface area (Å²) in [7, 11) is 0. The summed E-state index contributed by atoms with van der Waals surface area (Å²) in [5.74, 6) is 0.134. The molecule has 0 amide bonds. The minimum atomic E-state index is 0.134. The maximum atomic E-state index is 8.57. The van der Waals surface area contributed by atoms with Crippen molar-refractivity contribution >= 4 is 5.84 Å². The number of nitrogens with one attached hydrogen (secondary N) is 1. The summed E-state index contributed by atoms with van der Waals surface area (Å²) in [4.78, 5) is 0. The van der Waals surface area contributed by atoms with Crippen molar-refractivity contribution < 1.29 is 9.94 Å². The predicted octanol–water partition coefficient (Wildman–Crippen LogP) is 1.05. The average molecular weight is 249 g/mol. The van der Waals surface area contributed by atoms with Gasteiger partial charge in [-0.1, -0.05) is 29.4 Å². The molecule has 18 heavy (non-hydrogen) atoms. The van der Waals surface area contributed by atoms with Gasteiger partial charge in [0, 0.05) is 24.8 Å². The number of rotatable bonds is 4. The molecule has 1 aromatic rings. The smallest absolute Gasteiger partial charge is 0.170 e. The normalized spacial score (nSPS) is 20.9. The van der Waals surface area contributed by atoms with Gasteiger partial charge >= 0.3 is 0 Å². The Labute approximate surface area is 107 Å². The Balaban J connectivity index is 1.86. The van der Waals surface area contributed by atoms with Gasteiger partial charge in [-0.2, -0.15) is 0 Å². The largest absolute Gasteiger partial charge is 0.409 e. The predicted molar refractivity (Wildman–Crippen MR) is 69.6 cm³/mol. The molecule has 1 heterocycles. The Kier molecular flexibility index (Phi) is 4.55. The van der Waals surface area contributed by atoms with Crippen LogP contribution in [0.5, 0.6) is 0 Å². The number of benzene rings is 1. The van der Waals surface area contributed by atoms with Crippen LogP contribution in [0.25, 0.3) is 0 Å². The Hall–Kier alpha value is -1.59. The lowest BCUT2D eigenvalue weighted by Crippen LogP contribution is -2.36. The molecule has 5 nitrogen and oxygen atoms in total. The van der Waals surface area contributed by atoms with Crippen LogP contribution in [-0.2, 0) is 11.3 Å². The summed E-state index contributed by atoms with van der Waals surface area (Å²) in [5, 5.41) is 15.0. The van der Waals surface area contributed by atoms with E-state index in [1.54, 1.807) is 0 Å². The quantitative estimate of drug-likeness (QED) is 0.322. The molecule has 1 atom stereocenters. The van der Waals surface area contributed by atoms with Gasteiger partial charge in [-0.05, 0) is 18.4 Å². The van der Waals surface area contributed by atoms with Gasteiger partial charge in [0.15, 0.2) is 5.84 Å². The van der Waals surface area contributed by atoms with Gasteiger partial charge in [0.05, 0.1) is 6.61 Å². The maximum absolute atomic E-state index is 8.57. The number of oxime groups is 1. The first-order chi connectivity index (χ1) is 8.79. The third kappa shape index (κ3) is 3.45. The zero-order valence-electron chi connectivity index (χ0n) is 10.3. The molecule has 0 spiro atoms. The number of hydrogen-bond donors (Lipinski definition) is 3. The van der Waals surface area contributed by atoms with Crippen molar-refractivity contribution in [3.05, 3.63) is 35.4 Å². The van der Waals surface area contributed by atoms with Gasteiger partial charge < -0.3 is 21.0 Å². The van der Waals surface area contributed by atoms with Crippen LogP contribution in [0.3, 0.4) is 0 Å². The summed E-state index contributed by atoms with van der Waals surface area (Å²) < 4.78 is 5.41. The van der Waals surface area contributed by atoms with E-state index in [-0.39, 0.29) is 5.84 Å². The van der Waals surface area contributed by atoms with E-state index in [1.807, 2.05) is 24.3 Å². The van der Waals surface area contributed by atoms with Gasteiger partial charge in [0.2, 0.25) is 0 Å². The lowest BCUT2D eigenvalue weighted by atomic mass is 10.1. The summed E-state index contributed by atoms with van der Waals surface area (Å²) in [6.45, 7) is 2.49. The van der Waals surface area contributed by atoms with Crippen LogP contribution in [-0.4, -0.2) is 30.3 Å². The molecule has 0 radical (unpaired) electrons. The van der Waals surface area contributed by atoms with Crippen LogP contribution in [0.2, 0.25) is 0 Å². The Morgan fingerprint density at radius 1 is 1.44 bits per heavy atom. The second-order valence-corrected chi connectivity index (χ2v) is 4.48. The van der Waals surface area contributed by atoms with Crippen LogP contribution >= 0.6 is 0 Å². The molecule has 2 rings (SSSR count). The second-order valence-electron chi connectivity index (χ2n) is 4.48. The maximum Gasteiger partial charge on any atom is 0.170 e. The molecule has 0 aliphatic carbocycles. The fourth-order valence-electron chi connectivity index (χ4n) is 2.01. The summed E-state index contributed by atoms with van der Waals surface area (Å²) >= 11 is 0. The van der Waals surface area contributed by atoms with Crippen LogP contribution in [0, 0.1) is 0 Å². The number of nitrogens with zero attached hydrogens (tertiary/aromatic N) is 1. The van der Waals surface area contributed by atoms with E-state index in [1.165, 1.54) is 12.0 Å². The molecule has 5 heteroatoms. The zero-order chi connectivity index (χ0) is 12.8. The molecule has 1 fully saturated rings. The van der Waals surface area contributed by atoms with Crippen molar-refractivity contribution in [1.29, 1.82) is 0 Å². The third-order valence-electron chi connectivity index (χ3n) is 3.11. The van der Waals surface area contributed by atoms with Crippen molar-refractivity contribution in [2.75, 3.05) is 13.2 Å². The van der Waals surface area contributed by atoms with E-state index in [2.05, 4.69) is 10.5 Å². The Morgan fingerprint density at radius 2 is 2.22 bits per heavy atom. The van der Waals surface area contributed by atoms with Crippen LogP contribution in [0.1, 0.15) is 24.0 Å². The number of nitrogens with two attached hydrogens (primary N) is 1. The number of ether oxygens (including phenoxy) is 1. The van der Waals surface area contributed by atoms with Gasteiger partial charge in [-0.15, -0.1) is 0 Å². The minimum Gasteiger partial charge on any atom is -0.409 e. The molecule has 0 aromatic heterocycles. The van der Waals surface area contributed by atoms with Crippen LogP contribution in [0.4, 0.5) is 0 Å². The number of amidine groups is 1. The van der Waals surface area contributed by atoms with E-state index in [0.29, 0.717) is 6.04 Å². The first-order valence-corrected chi connectivity index (χ1v) is 6.17. The monoisotopic (exact) mass is 249 g/mol. The highest BCUT2D eigenvalue weighted by Crippen LogP contribution is 2.08. The molecule has 1 aliphatic rings. The highest BCUT2D eigenvalue weighted by Gasteiger charge is 2.12. The Morgan fingerprint density at radius 3 is 2.83 bits per heavy atom. The fraction of sp³-hybridized carbons (Fsp3) is 0.462. The fourth-order valence-corrected chi connectivity index (χ4v) is 2.01. The zero-order valence-corrected chi connectivity index (χ0v) is 10.3. The molecule has 98 valence electrons. The van der Waals surface area contributed by atoms with Crippen molar-refractivity contribution in [1.82, 2.24) is 5.32 Å². The van der Waals surface area contributed by atoms with Crippen molar-refractivity contribution in [3.63, 3.8) is 0 Å². The SMILES string of the molecule is NC(=NO)c1ccc(CNC2CCCOC2)cc1. The van der Waals surface area contributed by atoms with Gasteiger partial charge in [-0.3, -0.25) is 0 Å². The molecule has 0 bridgehead atoms. The lowest BCUT2D eigenvalue weighted by molar-refractivity contribution is 0.0699. The summed E-state index contributed by atoms with van der Waals surface area (Å²) in [6, 6.07) is 8.10. The standard InChI is InChI=1S/C13H19N3O2/c14-13(16-17)11-5-3-10(4-6-11)8-15-12-2-1-7-18-9-12/h3-6,12,15,17H,1-2,7-9H2,(H2,14,16). The highest BCUT2D eigenvalue weighted by molar-refractivity contribution is 5.96. The summed E-state index contributed by atoms with van der Waals surface area (Å²) in [5.41, 5.74) is 7.40. The number of hydrogen-bond acceptors (Lipinski definition) is 4. The molecule has 1 unspecified atom stereocenters. The average Bonchev–Trinajstić information content (AvgIpc) is 2.46. The molecular weight excluding hydrogens is 230 g/mol. The first-order valence-electron chi connectivity index (χ1n) is 6.17. The molecule has 1 aliphatic heterocycles. The van der Waals surface area contributed by atoms with E-state index in [0.717, 1.165) is 31.7 Å². The van der Waals surface area contributed by atoms with Gasteiger partial charge in [0.1, 0.15) is 0 Å². The summed E-state index contributed by atoms with van der Waals surface area (Å²) in [6.07, 6.45) is 2.29. The minimum absolute atomic E-state index is 0.134. The van der Waals surface area contributed by atoms with E-state index in [9.17, 15) is 0 Å². The van der Waals surface area contributed by atoms with E-state index < -0.39 is 0 Å². The highest BCUT2D eigenvalue weighted by atomic mass is 16.5. The van der Waals surface area contributed by atoms with Crippen LogP contribution < -0.4 is 11.1 Å². The van der Waals surface area contributed by atoms with Gasteiger partial charge in [0.25, 0.3) is 0 Å². The molecule has 4 N–H and O–H groups in total. The molecule has 1 aromatic carbocycles. The topological polar surface area (TPSA) is 79.9 Å². The first kappa shape index (κ1) is 12.9. The third-order valence-corrected chi connectivity index (χ3v) is 3.11. The van der Waals surface area contributed by atoms with Crippen LogP contribution in [0.15, 0.2) is 29.4 Å². The molecule has 0 saturated carbocycles. The van der Waals surface area contributed by atoms with Crippen molar-refractivity contribution in [2.24, 2.45) is 10.9 Å².